The fraction of sp³-hybridized carbons (Fsp3) is 1.00. The summed E-state index contributed by atoms with van der Waals surface area (Å²) >= 11 is 0. The van der Waals surface area contributed by atoms with E-state index in [9.17, 15) is 0 Å². The van der Waals surface area contributed by atoms with Gasteiger partial charge in [0.15, 0.2) is 0 Å². The number of rotatable bonds is 5. The molecule has 0 aliphatic carbocycles. The molecule has 0 aromatic rings. The summed E-state index contributed by atoms with van der Waals surface area (Å²) < 4.78 is 10.7. The Bertz CT molecular complexity index is 225. The first kappa shape index (κ1) is 13.3. The Morgan fingerprint density at radius 3 is 2.76 bits per heavy atom. The highest BCUT2D eigenvalue weighted by Gasteiger charge is 2.29. The summed E-state index contributed by atoms with van der Waals surface area (Å²) in [7, 11) is 3.52. The van der Waals surface area contributed by atoms with Crippen molar-refractivity contribution in [1.29, 1.82) is 0 Å². The van der Waals surface area contributed by atoms with Crippen molar-refractivity contribution in [2.75, 3.05) is 53.6 Å². The summed E-state index contributed by atoms with van der Waals surface area (Å²) in [6.45, 7) is 6.71. The maximum Gasteiger partial charge on any atom is 0.0931 e. The molecule has 4 nitrogen and oxygen atoms in total. The molecule has 0 aromatic heterocycles. The molecular weight excluding hydrogens is 216 g/mol. The van der Waals surface area contributed by atoms with Crippen LogP contribution in [0, 0.1) is 0 Å². The topological polar surface area (TPSA) is 24.9 Å². The van der Waals surface area contributed by atoms with Crippen molar-refractivity contribution in [3.05, 3.63) is 0 Å². The molecule has 2 atom stereocenters. The van der Waals surface area contributed by atoms with Crippen LogP contribution in [0.1, 0.15) is 19.3 Å². The molecule has 2 rings (SSSR count). The van der Waals surface area contributed by atoms with Crippen LogP contribution in [0.5, 0.6) is 0 Å². The lowest BCUT2D eigenvalue weighted by atomic mass is 10.2. The van der Waals surface area contributed by atoms with Gasteiger partial charge in [0, 0.05) is 33.4 Å². The zero-order chi connectivity index (χ0) is 12.1. The fourth-order valence-corrected chi connectivity index (χ4v) is 3.12. The van der Waals surface area contributed by atoms with Crippen LogP contribution < -0.4 is 0 Å². The first-order valence-electron chi connectivity index (χ1n) is 6.81. The third-order valence-electron chi connectivity index (χ3n) is 4.04. The minimum Gasteiger partial charge on any atom is -0.382 e. The van der Waals surface area contributed by atoms with Crippen molar-refractivity contribution in [2.24, 2.45) is 0 Å². The number of methoxy groups -OCH3 is 2. The number of ether oxygens (including phenoxy) is 2. The summed E-state index contributed by atoms with van der Waals surface area (Å²) in [5, 5.41) is 0. The van der Waals surface area contributed by atoms with Gasteiger partial charge >= 0.3 is 0 Å². The van der Waals surface area contributed by atoms with Gasteiger partial charge in [-0.2, -0.15) is 0 Å². The molecule has 0 N–H and O–H groups in total. The van der Waals surface area contributed by atoms with Gasteiger partial charge in [0.05, 0.1) is 12.7 Å². The molecule has 17 heavy (non-hydrogen) atoms. The molecule has 0 aromatic carbocycles. The molecule has 0 spiro atoms. The van der Waals surface area contributed by atoms with Crippen LogP contribution in [0.3, 0.4) is 0 Å². The number of nitrogens with zero attached hydrogens (tertiary/aromatic N) is 2. The van der Waals surface area contributed by atoms with Gasteiger partial charge in [0.2, 0.25) is 0 Å². The van der Waals surface area contributed by atoms with Gasteiger partial charge in [-0.3, -0.25) is 9.80 Å². The van der Waals surface area contributed by atoms with Crippen LogP contribution in [0.2, 0.25) is 0 Å². The van der Waals surface area contributed by atoms with Crippen molar-refractivity contribution < 1.29 is 9.47 Å². The Morgan fingerprint density at radius 1 is 1.18 bits per heavy atom. The van der Waals surface area contributed by atoms with E-state index < -0.39 is 0 Å². The average molecular weight is 242 g/mol. The van der Waals surface area contributed by atoms with E-state index in [4.69, 9.17) is 9.47 Å². The Morgan fingerprint density at radius 2 is 2.00 bits per heavy atom. The van der Waals surface area contributed by atoms with E-state index in [1.807, 2.05) is 0 Å². The standard InChI is InChI=1S/C13H26N2O2/c1-16-11-13(17-2)10-14-6-4-8-15-7-3-5-12(15)9-14/h12-13H,3-11H2,1-2H3. The van der Waals surface area contributed by atoms with Crippen LogP contribution in [0.4, 0.5) is 0 Å². The van der Waals surface area contributed by atoms with Crippen LogP contribution in [-0.4, -0.2) is 75.5 Å². The van der Waals surface area contributed by atoms with Crippen molar-refractivity contribution in [3.63, 3.8) is 0 Å². The zero-order valence-electron chi connectivity index (χ0n) is 11.2. The molecule has 2 aliphatic heterocycles. The van der Waals surface area contributed by atoms with E-state index in [0.29, 0.717) is 6.61 Å². The van der Waals surface area contributed by atoms with Crippen LogP contribution >= 0.6 is 0 Å². The zero-order valence-corrected chi connectivity index (χ0v) is 11.2. The normalized spacial score (nSPS) is 28.9. The first-order chi connectivity index (χ1) is 8.33. The van der Waals surface area contributed by atoms with E-state index in [2.05, 4.69) is 9.80 Å². The fourth-order valence-electron chi connectivity index (χ4n) is 3.12. The Kier molecular flexibility index (Phi) is 5.22. The number of hydrogen-bond acceptors (Lipinski definition) is 4. The largest absolute Gasteiger partial charge is 0.382 e. The molecule has 2 aliphatic rings. The maximum absolute atomic E-state index is 5.47. The van der Waals surface area contributed by atoms with Crippen LogP contribution in [0.15, 0.2) is 0 Å². The van der Waals surface area contributed by atoms with Gasteiger partial charge < -0.3 is 9.47 Å². The third kappa shape index (κ3) is 3.65. The minimum absolute atomic E-state index is 0.216. The van der Waals surface area contributed by atoms with E-state index in [1.165, 1.54) is 45.4 Å². The number of fused-ring (bicyclic) bond motifs is 1. The summed E-state index contributed by atoms with van der Waals surface area (Å²) in [4.78, 5) is 5.22. The Labute approximate surface area is 105 Å². The second-order valence-electron chi connectivity index (χ2n) is 5.26. The molecule has 0 amide bonds. The lowest BCUT2D eigenvalue weighted by Gasteiger charge is -2.28. The van der Waals surface area contributed by atoms with Gasteiger partial charge in [-0.15, -0.1) is 0 Å². The summed E-state index contributed by atoms with van der Waals surface area (Å²) in [5.74, 6) is 0. The van der Waals surface area contributed by atoms with Crippen LogP contribution in [-0.2, 0) is 9.47 Å². The van der Waals surface area contributed by atoms with Crippen molar-refractivity contribution in [1.82, 2.24) is 9.80 Å². The second kappa shape index (κ2) is 6.69. The Balaban J connectivity index is 1.83. The smallest absolute Gasteiger partial charge is 0.0931 e. The molecule has 0 saturated carbocycles. The van der Waals surface area contributed by atoms with Gasteiger partial charge in [-0.05, 0) is 38.9 Å². The van der Waals surface area contributed by atoms with Crippen LogP contribution in [0.25, 0.3) is 0 Å². The van der Waals surface area contributed by atoms with E-state index in [0.717, 1.165) is 12.6 Å². The van der Waals surface area contributed by atoms with E-state index >= 15 is 0 Å². The highest BCUT2D eigenvalue weighted by Crippen LogP contribution is 2.21. The molecule has 4 heteroatoms. The van der Waals surface area contributed by atoms with E-state index in [-0.39, 0.29) is 6.10 Å². The van der Waals surface area contributed by atoms with Gasteiger partial charge in [-0.1, -0.05) is 0 Å². The molecule has 0 bridgehead atoms. The third-order valence-corrected chi connectivity index (χ3v) is 4.04. The molecule has 0 radical (unpaired) electrons. The van der Waals surface area contributed by atoms with Crippen molar-refractivity contribution in [3.8, 4) is 0 Å². The SMILES string of the molecule is COCC(CN1CCCN2CCCC2C1)OC. The lowest BCUT2D eigenvalue weighted by molar-refractivity contribution is 0.00512. The van der Waals surface area contributed by atoms with Gasteiger partial charge in [0.1, 0.15) is 0 Å². The molecule has 2 unspecified atom stereocenters. The van der Waals surface area contributed by atoms with Gasteiger partial charge in [-0.25, -0.2) is 0 Å². The molecule has 2 heterocycles. The molecule has 2 saturated heterocycles. The Hall–Kier alpha value is -0.160. The predicted octanol–water partition coefficient (Wildman–Crippen LogP) is 0.818. The van der Waals surface area contributed by atoms with Crippen molar-refractivity contribution in [2.45, 2.75) is 31.4 Å². The first-order valence-corrected chi connectivity index (χ1v) is 6.81. The molecular formula is C13H26N2O2. The average Bonchev–Trinajstić information content (AvgIpc) is 2.68. The summed E-state index contributed by atoms with van der Waals surface area (Å²) in [6, 6.07) is 0.789. The quantitative estimate of drug-likeness (QED) is 0.712. The summed E-state index contributed by atoms with van der Waals surface area (Å²) in [5.41, 5.74) is 0. The summed E-state index contributed by atoms with van der Waals surface area (Å²) in [6.07, 6.45) is 4.26. The van der Waals surface area contributed by atoms with E-state index in [1.54, 1.807) is 14.2 Å². The maximum atomic E-state index is 5.47. The number of hydrogen-bond donors (Lipinski definition) is 0. The van der Waals surface area contributed by atoms with Crippen molar-refractivity contribution >= 4 is 0 Å². The highest BCUT2D eigenvalue weighted by molar-refractivity contribution is 4.85. The lowest BCUT2D eigenvalue weighted by Crippen LogP contribution is -2.41. The highest BCUT2D eigenvalue weighted by atomic mass is 16.5. The van der Waals surface area contributed by atoms with Gasteiger partial charge in [0.25, 0.3) is 0 Å². The molecule has 100 valence electrons. The monoisotopic (exact) mass is 242 g/mol. The molecule has 2 fully saturated rings. The minimum atomic E-state index is 0.216. The predicted molar refractivity (Wildman–Crippen MR) is 68.3 cm³/mol. The second-order valence-corrected chi connectivity index (χ2v) is 5.26.